The maximum absolute atomic E-state index is 10.5. The lowest BCUT2D eigenvalue weighted by atomic mass is 10.2. The minimum absolute atomic E-state index is 0.395. The van der Waals surface area contributed by atoms with Crippen LogP contribution in [0.1, 0.15) is 12.5 Å². The molecule has 0 aliphatic heterocycles. The van der Waals surface area contributed by atoms with Gasteiger partial charge >= 0.3 is 5.97 Å². The highest BCUT2D eigenvalue weighted by Gasteiger charge is 2.03. The van der Waals surface area contributed by atoms with Gasteiger partial charge in [0.1, 0.15) is 5.75 Å². The smallest absolute Gasteiger partial charge is 0.341 e. The van der Waals surface area contributed by atoms with Crippen molar-refractivity contribution < 1.29 is 14.6 Å². The molecular formula is C12H15N3O3S. The standard InChI is InChI=1S/C12H15N3O3S/c1-2-13-12(19)15-14-7-9-5-3-4-6-10(9)18-8-11(16)17/h3-7H,2,8H2,1H3,(H,16,17)(H2,13,15,19)/b14-7-. The van der Waals surface area contributed by atoms with Crippen LogP contribution in [0.4, 0.5) is 0 Å². The maximum Gasteiger partial charge on any atom is 0.341 e. The molecule has 0 aliphatic carbocycles. The Kier molecular flexibility index (Phi) is 6.31. The lowest BCUT2D eigenvalue weighted by Gasteiger charge is -2.06. The van der Waals surface area contributed by atoms with Crippen molar-refractivity contribution in [2.45, 2.75) is 6.92 Å². The van der Waals surface area contributed by atoms with Crippen LogP contribution in [0.3, 0.4) is 0 Å². The Hall–Kier alpha value is -2.15. The summed E-state index contributed by atoms with van der Waals surface area (Å²) in [6.07, 6.45) is 1.51. The van der Waals surface area contributed by atoms with E-state index in [0.717, 1.165) is 0 Å². The molecule has 1 rings (SSSR count). The first-order chi connectivity index (χ1) is 9.13. The van der Waals surface area contributed by atoms with Gasteiger partial charge in [-0.05, 0) is 31.3 Å². The third-order valence-electron chi connectivity index (χ3n) is 1.98. The number of carboxylic acids is 1. The maximum atomic E-state index is 10.5. The first-order valence-electron chi connectivity index (χ1n) is 5.64. The zero-order valence-corrected chi connectivity index (χ0v) is 11.2. The highest BCUT2D eigenvalue weighted by Crippen LogP contribution is 2.15. The van der Waals surface area contributed by atoms with Crippen molar-refractivity contribution >= 4 is 29.5 Å². The number of hydrogen-bond donors (Lipinski definition) is 3. The Morgan fingerprint density at radius 2 is 2.26 bits per heavy atom. The van der Waals surface area contributed by atoms with Crippen LogP contribution in [0.5, 0.6) is 5.75 Å². The zero-order valence-electron chi connectivity index (χ0n) is 10.4. The summed E-state index contributed by atoms with van der Waals surface area (Å²) >= 11 is 4.94. The van der Waals surface area contributed by atoms with Gasteiger partial charge in [-0.1, -0.05) is 12.1 Å². The molecular weight excluding hydrogens is 266 g/mol. The fourth-order valence-corrected chi connectivity index (χ4v) is 1.42. The number of nitrogens with zero attached hydrogens (tertiary/aromatic N) is 1. The number of rotatable bonds is 6. The molecule has 1 aromatic rings. The minimum atomic E-state index is -1.03. The van der Waals surface area contributed by atoms with Crippen LogP contribution < -0.4 is 15.5 Å². The van der Waals surface area contributed by atoms with Crippen LogP contribution in [0.15, 0.2) is 29.4 Å². The van der Waals surface area contributed by atoms with Crippen LogP contribution in [0.25, 0.3) is 0 Å². The van der Waals surface area contributed by atoms with Crippen molar-refractivity contribution in [2.75, 3.05) is 13.2 Å². The van der Waals surface area contributed by atoms with E-state index >= 15 is 0 Å². The van der Waals surface area contributed by atoms with E-state index in [0.29, 0.717) is 23.0 Å². The lowest BCUT2D eigenvalue weighted by molar-refractivity contribution is -0.139. The predicted molar refractivity (Wildman–Crippen MR) is 76.6 cm³/mol. The van der Waals surface area contributed by atoms with E-state index in [9.17, 15) is 4.79 Å². The monoisotopic (exact) mass is 281 g/mol. The van der Waals surface area contributed by atoms with Gasteiger partial charge in [0.25, 0.3) is 0 Å². The van der Waals surface area contributed by atoms with E-state index in [2.05, 4.69) is 15.8 Å². The summed E-state index contributed by atoms with van der Waals surface area (Å²) in [6.45, 7) is 2.24. The number of hydrogen-bond acceptors (Lipinski definition) is 4. The zero-order chi connectivity index (χ0) is 14.1. The van der Waals surface area contributed by atoms with E-state index in [1.807, 2.05) is 6.92 Å². The van der Waals surface area contributed by atoms with Gasteiger partial charge < -0.3 is 15.2 Å². The molecule has 19 heavy (non-hydrogen) atoms. The van der Waals surface area contributed by atoms with E-state index in [4.69, 9.17) is 22.1 Å². The van der Waals surface area contributed by atoms with Crippen molar-refractivity contribution in [3.8, 4) is 5.75 Å². The summed E-state index contributed by atoms with van der Waals surface area (Å²) in [5, 5.41) is 15.8. The molecule has 0 aromatic heterocycles. The Morgan fingerprint density at radius 1 is 1.53 bits per heavy atom. The topological polar surface area (TPSA) is 83.0 Å². The second-order valence-electron chi connectivity index (χ2n) is 3.45. The van der Waals surface area contributed by atoms with E-state index in [1.54, 1.807) is 24.3 Å². The van der Waals surface area contributed by atoms with Crippen LogP contribution >= 0.6 is 12.2 Å². The van der Waals surface area contributed by atoms with Gasteiger partial charge in [0, 0.05) is 12.1 Å². The molecule has 6 nitrogen and oxygen atoms in total. The Balaban J connectivity index is 2.64. The molecule has 0 amide bonds. The number of carboxylic acid groups (broad SMARTS) is 1. The highest BCUT2D eigenvalue weighted by atomic mass is 32.1. The molecule has 0 saturated carbocycles. The number of thiocarbonyl (C=S) groups is 1. The quantitative estimate of drug-likeness (QED) is 0.409. The lowest BCUT2D eigenvalue weighted by Crippen LogP contribution is -2.31. The van der Waals surface area contributed by atoms with Crippen LogP contribution in [-0.2, 0) is 4.79 Å². The Bertz CT molecular complexity index is 477. The van der Waals surface area contributed by atoms with Crippen molar-refractivity contribution in [3.63, 3.8) is 0 Å². The molecule has 0 heterocycles. The molecule has 7 heteroatoms. The average molecular weight is 281 g/mol. The fourth-order valence-electron chi connectivity index (χ4n) is 1.22. The van der Waals surface area contributed by atoms with Gasteiger partial charge in [-0.2, -0.15) is 5.10 Å². The molecule has 0 bridgehead atoms. The highest BCUT2D eigenvalue weighted by molar-refractivity contribution is 7.80. The summed E-state index contributed by atoms with van der Waals surface area (Å²) in [6, 6.07) is 6.99. The summed E-state index contributed by atoms with van der Waals surface area (Å²) in [7, 11) is 0. The van der Waals surface area contributed by atoms with Crippen LogP contribution in [-0.4, -0.2) is 35.6 Å². The molecule has 3 N–H and O–H groups in total. The first kappa shape index (κ1) is 14.9. The SMILES string of the molecule is CCNC(=S)N/N=C\c1ccccc1OCC(=O)O. The molecule has 102 valence electrons. The van der Waals surface area contributed by atoms with Gasteiger partial charge in [-0.3, -0.25) is 5.43 Å². The summed E-state index contributed by atoms with van der Waals surface area (Å²) in [5.74, 6) is -0.581. The van der Waals surface area contributed by atoms with Crippen molar-refractivity contribution in [3.05, 3.63) is 29.8 Å². The Labute approximate surface area is 116 Å². The summed E-state index contributed by atoms with van der Waals surface area (Å²) in [4.78, 5) is 10.5. The second-order valence-corrected chi connectivity index (χ2v) is 3.86. The molecule has 1 aromatic carbocycles. The first-order valence-corrected chi connectivity index (χ1v) is 6.04. The van der Waals surface area contributed by atoms with Crippen molar-refractivity contribution in [1.29, 1.82) is 0 Å². The molecule has 0 atom stereocenters. The normalized spacial score (nSPS) is 10.2. The summed E-state index contributed by atoms with van der Waals surface area (Å²) in [5.41, 5.74) is 3.30. The van der Waals surface area contributed by atoms with Gasteiger partial charge in [-0.25, -0.2) is 4.79 Å². The van der Waals surface area contributed by atoms with E-state index < -0.39 is 12.6 Å². The van der Waals surface area contributed by atoms with Crippen molar-refractivity contribution in [1.82, 2.24) is 10.7 Å². The number of benzene rings is 1. The van der Waals surface area contributed by atoms with Gasteiger partial charge in [0.05, 0.1) is 6.21 Å². The molecule has 0 unspecified atom stereocenters. The van der Waals surface area contributed by atoms with Crippen LogP contribution in [0.2, 0.25) is 0 Å². The largest absolute Gasteiger partial charge is 0.481 e. The molecule has 0 saturated heterocycles. The minimum Gasteiger partial charge on any atom is -0.481 e. The molecule has 0 fully saturated rings. The third kappa shape index (κ3) is 5.82. The van der Waals surface area contributed by atoms with Gasteiger partial charge in [0.15, 0.2) is 11.7 Å². The number of para-hydroxylation sites is 1. The van der Waals surface area contributed by atoms with Crippen LogP contribution in [0, 0.1) is 0 Å². The average Bonchev–Trinajstić information content (AvgIpc) is 2.38. The number of ether oxygens (including phenoxy) is 1. The molecule has 0 spiro atoms. The second kappa shape index (κ2) is 8.04. The molecule has 0 aliphatic rings. The number of nitrogens with one attached hydrogen (secondary N) is 2. The third-order valence-corrected chi connectivity index (χ3v) is 2.21. The predicted octanol–water partition coefficient (Wildman–Crippen LogP) is 0.968. The van der Waals surface area contributed by atoms with Gasteiger partial charge in [0.2, 0.25) is 0 Å². The fraction of sp³-hybridized carbons (Fsp3) is 0.250. The summed E-state index contributed by atoms with van der Waals surface area (Å²) < 4.78 is 5.14. The number of carbonyl (C=O) groups is 1. The Morgan fingerprint density at radius 3 is 2.95 bits per heavy atom. The number of hydrazone groups is 1. The van der Waals surface area contributed by atoms with E-state index in [1.165, 1.54) is 6.21 Å². The molecule has 0 radical (unpaired) electrons. The van der Waals surface area contributed by atoms with E-state index in [-0.39, 0.29) is 0 Å². The van der Waals surface area contributed by atoms with Crippen molar-refractivity contribution in [2.24, 2.45) is 5.10 Å². The van der Waals surface area contributed by atoms with Gasteiger partial charge in [-0.15, -0.1) is 0 Å². The number of aliphatic carboxylic acids is 1.